The van der Waals surface area contributed by atoms with E-state index in [1.807, 2.05) is 12.1 Å². The van der Waals surface area contributed by atoms with Crippen molar-refractivity contribution in [2.75, 3.05) is 25.1 Å². The molecule has 2 rings (SSSR count). The molecule has 2 aromatic carbocycles. The molecule has 27 heavy (non-hydrogen) atoms. The molecule has 0 heterocycles. The topological polar surface area (TPSA) is 92.8 Å². The minimum absolute atomic E-state index is 0.429. The van der Waals surface area contributed by atoms with E-state index in [4.69, 9.17) is 4.74 Å². The second-order valence-corrected chi connectivity index (χ2v) is 7.18. The van der Waals surface area contributed by atoms with E-state index in [1.165, 1.54) is 11.0 Å². The number of hydrogen-bond donors (Lipinski definition) is 1. The first-order chi connectivity index (χ1) is 12.9. The van der Waals surface area contributed by atoms with Crippen LogP contribution in [0.15, 0.2) is 66.1 Å². The van der Waals surface area contributed by atoms with Crippen LogP contribution in [0.2, 0.25) is 0 Å². The SMILES string of the molecule is CN(C(=O)COC(=O)CNS(=O)(=O)/C=C/c1ccccc1)c1ccccc1. The number of ether oxygens (including phenoxy) is 1. The zero-order valence-corrected chi connectivity index (χ0v) is 15.6. The van der Waals surface area contributed by atoms with Crippen molar-refractivity contribution in [1.82, 2.24) is 4.72 Å². The molecule has 0 unspecified atom stereocenters. The van der Waals surface area contributed by atoms with Crippen molar-refractivity contribution in [2.45, 2.75) is 0 Å². The first kappa shape index (κ1) is 20.3. The lowest BCUT2D eigenvalue weighted by Crippen LogP contribution is -2.34. The second-order valence-electron chi connectivity index (χ2n) is 5.53. The van der Waals surface area contributed by atoms with Crippen LogP contribution in [0.3, 0.4) is 0 Å². The molecule has 8 heteroatoms. The molecule has 0 bridgehead atoms. The predicted molar refractivity (Wildman–Crippen MR) is 103 cm³/mol. The molecule has 7 nitrogen and oxygen atoms in total. The fourth-order valence-electron chi connectivity index (χ4n) is 2.03. The van der Waals surface area contributed by atoms with Gasteiger partial charge in [-0.25, -0.2) is 13.1 Å². The molecule has 1 N–H and O–H groups in total. The highest BCUT2D eigenvalue weighted by atomic mass is 32.2. The molecular weight excluding hydrogens is 368 g/mol. The van der Waals surface area contributed by atoms with E-state index in [0.717, 1.165) is 5.41 Å². The van der Waals surface area contributed by atoms with Gasteiger partial charge in [0, 0.05) is 18.1 Å². The third-order valence-electron chi connectivity index (χ3n) is 3.53. The summed E-state index contributed by atoms with van der Waals surface area (Å²) in [5.74, 6) is -1.28. The van der Waals surface area contributed by atoms with Crippen LogP contribution in [0.4, 0.5) is 5.69 Å². The molecule has 0 radical (unpaired) electrons. The lowest BCUT2D eigenvalue weighted by Gasteiger charge is -2.17. The maximum Gasteiger partial charge on any atom is 0.321 e. The Balaban J connectivity index is 1.78. The van der Waals surface area contributed by atoms with E-state index in [2.05, 4.69) is 4.72 Å². The number of para-hydroxylation sites is 1. The summed E-state index contributed by atoms with van der Waals surface area (Å²) in [6, 6.07) is 17.7. The molecule has 0 aliphatic rings. The molecule has 0 saturated heterocycles. The quantitative estimate of drug-likeness (QED) is 0.696. The first-order valence-corrected chi connectivity index (χ1v) is 9.62. The fourth-order valence-corrected chi connectivity index (χ4v) is 2.78. The summed E-state index contributed by atoms with van der Waals surface area (Å²) in [7, 11) is -2.24. The largest absolute Gasteiger partial charge is 0.455 e. The Bertz CT molecular complexity index is 896. The number of amides is 1. The van der Waals surface area contributed by atoms with Crippen molar-refractivity contribution in [1.29, 1.82) is 0 Å². The number of nitrogens with one attached hydrogen (secondary N) is 1. The van der Waals surface area contributed by atoms with Gasteiger partial charge in [-0.05, 0) is 23.8 Å². The molecular formula is C19H20N2O5S. The van der Waals surface area contributed by atoms with Crippen LogP contribution in [0.25, 0.3) is 6.08 Å². The summed E-state index contributed by atoms with van der Waals surface area (Å²) < 4.78 is 30.6. The molecule has 142 valence electrons. The van der Waals surface area contributed by atoms with Crippen molar-refractivity contribution < 1.29 is 22.7 Å². The van der Waals surface area contributed by atoms with Gasteiger partial charge in [0.15, 0.2) is 6.61 Å². The fraction of sp³-hybridized carbons (Fsp3) is 0.158. The molecule has 0 atom stereocenters. The minimum Gasteiger partial charge on any atom is -0.455 e. The number of carbonyl (C=O) groups excluding carboxylic acids is 2. The summed E-state index contributed by atoms with van der Waals surface area (Å²) in [5.41, 5.74) is 1.37. The highest BCUT2D eigenvalue weighted by Crippen LogP contribution is 2.11. The smallest absolute Gasteiger partial charge is 0.321 e. The van der Waals surface area contributed by atoms with Gasteiger partial charge in [-0.3, -0.25) is 9.59 Å². The van der Waals surface area contributed by atoms with E-state index in [9.17, 15) is 18.0 Å². The van der Waals surface area contributed by atoms with Crippen molar-refractivity contribution in [3.05, 3.63) is 71.6 Å². The molecule has 2 aromatic rings. The van der Waals surface area contributed by atoms with Crippen molar-refractivity contribution >= 4 is 33.7 Å². The zero-order valence-electron chi connectivity index (χ0n) is 14.7. The molecule has 0 saturated carbocycles. The van der Waals surface area contributed by atoms with E-state index in [-0.39, 0.29) is 0 Å². The van der Waals surface area contributed by atoms with E-state index < -0.39 is 35.1 Å². The van der Waals surface area contributed by atoms with Crippen LogP contribution in [0.5, 0.6) is 0 Å². The number of sulfonamides is 1. The monoisotopic (exact) mass is 388 g/mol. The normalized spacial score (nSPS) is 11.3. The standard InChI is InChI=1S/C19H20N2O5S/c1-21(17-10-6-3-7-11-17)18(22)15-26-19(23)14-20-27(24,25)13-12-16-8-4-2-5-9-16/h2-13,20H,14-15H2,1H3/b13-12+. The molecule has 0 fully saturated rings. The Morgan fingerprint density at radius 1 is 1.04 bits per heavy atom. The van der Waals surface area contributed by atoms with Gasteiger partial charge in [0.1, 0.15) is 6.54 Å². The van der Waals surface area contributed by atoms with Crippen LogP contribution >= 0.6 is 0 Å². The molecule has 0 aliphatic heterocycles. The average Bonchev–Trinajstić information content (AvgIpc) is 2.70. The Morgan fingerprint density at radius 2 is 1.63 bits per heavy atom. The van der Waals surface area contributed by atoms with Gasteiger partial charge < -0.3 is 9.64 Å². The molecule has 0 spiro atoms. The number of rotatable bonds is 8. The summed E-state index contributed by atoms with van der Waals surface area (Å²) in [6.45, 7) is -1.05. The van der Waals surface area contributed by atoms with Crippen molar-refractivity contribution in [3.8, 4) is 0 Å². The maximum atomic E-state index is 12.0. The van der Waals surface area contributed by atoms with Gasteiger partial charge in [-0.1, -0.05) is 48.5 Å². The number of benzene rings is 2. The van der Waals surface area contributed by atoms with Gasteiger partial charge in [0.25, 0.3) is 5.91 Å². The Kier molecular flexibility index (Phi) is 7.27. The molecule has 0 aliphatic carbocycles. The minimum atomic E-state index is -3.80. The average molecular weight is 388 g/mol. The third kappa shape index (κ3) is 7.04. The summed E-state index contributed by atoms with van der Waals surface area (Å²) in [4.78, 5) is 25.0. The van der Waals surface area contributed by atoms with Crippen LogP contribution in [0.1, 0.15) is 5.56 Å². The highest BCUT2D eigenvalue weighted by molar-refractivity contribution is 7.92. The Labute approximate surface area is 158 Å². The van der Waals surface area contributed by atoms with Gasteiger partial charge in [-0.15, -0.1) is 0 Å². The van der Waals surface area contributed by atoms with Crippen LogP contribution in [-0.2, 0) is 24.3 Å². The Hall–Kier alpha value is -2.97. The number of likely N-dealkylation sites (N-methyl/N-ethyl adjacent to an activating group) is 1. The number of hydrogen-bond acceptors (Lipinski definition) is 5. The summed E-state index contributed by atoms with van der Waals surface area (Å²) in [6.07, 6.45) is 1.41. The van der Waals surface area contributed by atoms with Gasteiger partial charge in [-0.2, -0.15) is 0 Å². The van der Waals surface area contributed by atoms with Crippen molar-refractivity contribution in [3.63, 3.8) is 0 Å². The number of anilines is 1. The van der Waals surface area contributed by atoms with Gasteiger partial charge in [0.05, 0.1) is 0 Å². The lowest BCUT2D eigenvalue weighted by atomic mass is 10.2. The molecule has 0 aromatic heterocycles. The number of nitrogens with zero attached hydrogens (tertiary/aromatic N) is 1. The first-order valence-electron chi connectivity index (χ1n) is 8.07. The van der Waals surface area contributed by atoms with E-state index in [1.54, 1.807) is 55.6 Å². The molecule has 1 amide bonds. The number of carbonyl (C=O) groups is 2. The summed E-state index contributed by atoms with van der Waals surface area (Å²) >= 11 is 0. The maximum absolute atomic E-state index is 12.0. The lowest BCUT2D eigenvalue weighted by molar-refractivity contribution is -0.146. The van der Waals surface area contributed by atoms with Gasteiger partial charge >= 0.3 is 5.97 Å². The summed E-state index contributed by atoms with van der Waals surface area (Å²) in [5, 5.41) is 0.962. The zero-order chi connectivity index (χ0) is 19.7. The van der Waals surface area contributed by atoms with Crippen LogP contribution in [-0.4, -0.2) is 40.5 Å². The second kappa shape index (κ2) is 9.65. The highest BCUT2D eigenvalue weighted by Gasteiger charge is 2.15. The number of esters is 1. The van der Waals surface area contributed by atoms with Crippen LogP contribution in [0, 0.1) is 0 Å². The third-order valence-corrected chi connectivity index (χ3v) is 4.57. The van der Waals surface area contributed by atoms with E-state index >= 15 is 0 Å². The van der Waals surface area contributed by atoms with Crippen LogP contribution < -0.4 is 9.62 Å². The van der Waals surface area contributed by atoms with Crippen molar-refractivity contribution in [2.24, 2.45) is 0 Å². The predicted octanol–water partition coefficient (Wildman–Crippen LogP) is 1.78. The van der Waals surface area contributed by atoms with Gasteiger partial charge in [0.2, 0.25) is 10.0 Å². The van der Waals surface area contributed by atoms with E-state index in [0.29, 0.717) is 11.3 Å². The Morgan fingerprint density at radius 3 is 2.26 bits per heavy atom.